The van der Waals surface area contributed by atoms with Crippen LogP contribution in [-0.2, 0) is 14.2 Å². The molecular weight excluding hydrogens is 610 g/mol. The van der Waals surface area contributed by atoms with Crippen molar-refractivity contribution in [2.24, 2.45) is 0 Å². The van der Waals surface area contributed by atoms with Gasteiger partial charge in [-0.2, -0.15) is 0 Å². The van der Waals surface area contributed by atoms with E-state index in [1.165, 1.54) is 6.07 Å². The number of nitrogen functional groups attached to an aromatic ring is 1. The van der Waals surface area contributed by atoms with E-state index in [1.807, 2.05) is 63.5 Å². The van der Waals surface area contributed by atoms with E-state index < -0.39 is 11.2 Å². The highest BCUT2D eigenvalue weighted by atomic mass is 19.1. The van der Waals surface area contributed by atoms with Crippen LogP contribution in [-0.4, -0.2) is 112 Å². The number of morpholine rings is 1. The fourth-order valence-corrected chi connectivity index (χ4v) is 5.46. The Bertz CT molecular complexity index is 1360. The highest BCUT2D eigenvalue weighted by Gasteiger charge is 2.28. The first kappa shape index (κ1) is 35.8. The van der Waals surface area contributed by atoms with Crippen LogP contribution in [0.1, 0.15) is 41.5 Å². The lowest BCUT2D eigenvalue weighted by molar-refractivity contribution is 0.0230. The smallest absolute Gasteiger partial charge is 0.410 e. The molecule has 2 N–H and O–H groups in total. The molecule has 3 aliphatic heterocycles. The summed E-state index contributed by atoms with van der Waals surface area (Å²) in [6, 6.07) is 10.1. The second-order valence-electron chi connectivity index (χ2n) is 13.9. The number of rotatable bonds is 3. The third-order valence-corrected chi connectivity index (χ3v) is 7.82. The maximum atomic E-state index is 14.7. The molecule has 0 saturated carbocycles. The molecule has 0 unspecified atom stereocenters. The Morgan fingerprint density at radius 2 is 1.06 bits per heavy atom. The number of nitrogens with two attached hydrogens (primary N) is 1. The van der Waals surface area contributed by atoms with Crippen LogP contribution in [0.25, 0.3) is 0 Å². The van der Waals surface area contributed by atoms with Gasteiger partial charge in [-0.3, -0.25) is 0 Å². The van der Waals surface area contributed by atoms with Crippen molar-refractivity contribution in [3.63, 3.8) is 0 Å². The van der Waals surface area contributed by atoms with Gasteiger partial charge in [0, 0.05) is 76.8 Å². The van der Waals surface area contributed by atoms with E-state index in [9.17, 15) is 18.4 Å². The van der Waals surface area contributed by atoms with Crippen LogP contribution >= 0.6 is 0 Å². The summed E-state index contributed by atoms with van der Waals surface area (Å²) in [7, 11) is 0. The summed E-state index contributed by atoms with van der Waals surface area (Å²) in [5, 5.41) is 0. The second-order valence-corrected chi connectivity index (χ2v) is 13.9. The number of halogens is 2. The normalized spacial score (nSPS) is 17.6. The second kappa shape index (κ2) is 15.3. The molecule has 260 valence electrons. The summed E-state index contributed by atoms with van der Waals surface area (Å²) >= 11 is 0. The fraction of sp³-hybridized carbons (Fsp3) is 0.588. The summed E-state index contributed by atoms with van der Waals surface area (Å²) in [6.07, 6.45) is -0.625. The van der Waals surface area contributed by atoms with E-state index in [-0.39, 0.29) is 23.8 Å². The molecule has 47 heavy (non-hydrogen) atoms. The number of carbonyl (C=O) groups is 2. The number of amides is 2. The van der Waals surface area contributed by atoms with E-state index in [0.717, 1.165) is 18.8 Å². The van der Waals surface area contributed by atoms with Crippen molar-refractivity contribution < 1.29 is 32.6 Å². The first-order valence-corrected chi connectivity index (χ1v) is 16.2. The van der Waals surface area contributed by atoms with Crippen LogP contribution < -0.4 is 20.4 Å². The van der Waals surface area contributed by atoms with Gasteiger partial charge in [0.25, 0.3) is 0 Å². The largest absolute Gasteiger partial charge is 0.444 e. The number of ether oxygens (including phenoxy) is 3. The van der Waals surface area contributed by atoms with E-state index in [4.69, 9.17) is 19.9 Å². The molecule has 2 aromatic carbocycles. The van der Waals surface area contributed by atoms with Crippen molar-refractivity contribution in [1.82, 2.24) is 9.80 Å². The van der Waals surface area contributed by atoms with Crippen LogP contribution in [0.4, 0.5) is 41.1 Å². The Hall–Kier alpha value is -4.00. The fourth-order valence-electron chi connectivity index (χ4n) is 5.46. The van der Waals surface area contributed by atoms with Crippen LogP contribution in [0.2, 0.25) is 0 Å². The van der Waals surface area contributed by atoms with E-state index in [0.29, 0.717) is 82.6 Å². The minimum Gasteiger partial charge on any atom is -0.444 e. The van der Waals surface area contributed by atoms with E-state index in [1.54, 1.807) is 28.0 Å². The number of carbonyl (C=O) groups excluding carboxylic acids is 2. The highest BCUT2D eigenvalue weighted by molar-refractivity contribution is 5.69. The molecule has 0 aromatic heterocycles. The van der Waals surface area contributed by atoms with Gasteiger partial charge in [-0.15, -0.1) is 0 Å². The van der Waals surface area contributed by atoms with Gasteiger partial charge in [0.1, 0.15) is 22.8 Å². The SMILES string of the molecule is CC(C)(C)OC(=O)N1CCN(c2ccc(N)cc2F)CC1.CC(C)(C)OC(=O)N1CCN(c2ccc(N3CCOCC3)cc2F)CC1. The first-order chi connectivity index (χ1) is 22.1. The lowest BCUT2D eigenvalue weighted by atomic mass is 10.2. The van der Waals surface area contributed by atoms with Gasteiger partial charge in [0.2, 0.25) is 0 Å². The zero-order valence-electron chi connectivity index (χ0n) is 28.6. The third kappa shape index (κ3) is 10.5. The lowest BCUT2D eigenvalue weighted by Gasteiger charge is -2.37. The molecule has 3 saturated heterocycles. The number of piperazine rings is 2. The molecule has 2 aromatic rings. The molecule has 0 spiro atoms. The monoisotopic (exact) mass is 660 g/mol. The van der Waals surface area contributed by atoms with Gasteiger partial charge >= 0.3 is 12.2 Å². The first-order valence-electron chi connectivity index (χ1n) is 16.2. The van der Waals surface area contributed by atoms with Gasteiger partial charge in [-0.25, -0.2) is 18.4 Å². The molecule has 2 amide bonds. The summed E-state index contributed by atoms with van der Waals surface area (Å²) in [5.41, 5.74) is 6.95. The van der Waals surface area contributed by atoms with Crippen molar-refractivity contribution in [2.75, 3.05) is 99.1 Å². The highest BCUT2D eigenvalue weighted by Crippen LogP contribution is 2.27. The average molecular weight is 661 g/mol. The summed E-state index contributed by atoms with van der Waals surface area (Å²) in [4.78, 5) is 33.5. The predicted molar refractivity (Wildman–Crippen MR) is 180 cm³/mol. The Morgan fingerprint density at radius 1 is 0.638 bits per heavy atom. The standard InChI is InChI=1S/C19H28FN3O3.C15H22FN3O2/c1-19(2,3)26-18(24)23-8-6-22(7-9-23)17-5-4-15(14-16(17)20)21-10-12-25-13-11-21;1-15(2,3)21-14(20)19-8-6-18(7-9-19)13-5-4-11(17)10-12(13)16/h4-5,14H,6-13H2,1-3H3;4-5,10H,6-9,17H2,1-3H3. The minimum atomic E-state index is -0.504. The number of hydrogen-bond donors (Lipinski definition) is 1. The lowest BCUT2D eigenvalue weighted by Crippen LogP contribution is -2.50. The number of anilines is 4. The molecule has 0 bridgehead atoms. The zero-order valence-corrected chi connectivity index (χ0v) is 28.6. The van der Waals surface area contributed by atoms with Gasteiger partial charge in [-0.1, -0.05) is 0 Å². The van der Waals surface area contributed by atoms with E-state index >= 15 is 0 Å². The Morgan fingerprint density at radius 3 is 1.47 bits per heavy atom. The van der Waals surface area contributed by atoms with Gasteiger partial charge < -0.3 is 44.4 Å². The number of nitrogens with zero attached hydrogens (tertiary/aromatic N) is 5. The number of benzene rings is 2. The molecule has 0 atom stereocenters. The Labute approximate surface area is 277 Å². The van der Waals surface area contributed by atoms with Crippen molar-refractivity contribution in [1.29, 1.82) is 0 Å². The Kier molecular flexibility index (Phi) is 11.6. The molecule has 0 radical (unpaired) electrons. The molecule has 13 heteroatoms. The predicted octanol–water partition coefficient (Wildman–Crippen LogP) is 5.18. The third-order valence-electron chi connectivity index (χ3n) is 7.82. The van der Waals surface area contributed by atoms with Gasteiger partial charge in [0.05, 0.1) is 24.6 Å². The van der Waals surface area contributed by atoms with Crippen LogP contribution in [0, 0.1) is 11.6 Å². The zero-order chi connectivity index (χ0) is 34.4. The molecule has 3 aliphatic rings. The molecular formula is C34H50F2N6O5. The summed E-state index contributed by atoms with van der Waals surface area (Å²) in [6.45, 7) is 18.4. The van der Waals surface area contributed by atoms with Crippen molar-refractivity contribution >= 4 is 34.9 Å². The quantitative estimate of drug-likeness (QED) is 0.446. The average Bonchev–Trinajstić information content (AvgIpc) is 3.00. The topological polar surface area (TPSA) is 104 Å². The summed E-state index contributed by atoms with van der Waals surface area (Å²) in [5.74, 6) is -0.555. The summed E-state index contributed by atoms with van der Waals surface area (Å²) < 4.78 is 44.6. The van der Waals surface area contributed by atoms with Gasteiger partial charge in [-0.05, 0) is 77.9 Å². The molecule has 5 rings (SSSR count). The molecule has 11 nitrogen and oxygen atoms in total. The van der Waals surface area contributed by atoms with Crippen LogP contribution in [0.3, 0.4) is 0 Å². The van der Waals surface area contributed by atoms with Gasteiger partial charge in [0.15, 0.2) is 0 Å². The molecule has 3 heterocycles. The van der Waals surface area contributed by atoms with Crippen molar-refractivity contribution in [3.8, 4) is 0 Å². The van der Waals surface area contributed by atoms with E-state index in [2.05, 4.69) is 4.90 Å². The van der Waals surface area contributed by atoms with Crippen LogP contribution in [0.15, 0.2) is 36.4 Å². The van der Waals surface area contributed by atoms with Crippen LogP contribution in [0.5, 0.6) is 0 Å². The molecule has 3 fully saturated rings. The Balaban J connectivity index is 0.000000218. The van der Waals surface area contributed by atoms with Crippen molar-refractivity contribution in [3.05, 3.63) is 48.0 Å². The molecule has 0 aliphatic carbocycles. The maximum Gasteiger partial charge on any atom is 0.410 e. The minimum absolute atomic E-state index is 0.222. The van der Waals surface area contributed by atoms with Crippen molar-refractivity contribution in [2.45, 2.75) is 52.7 Å². The maximum absolute atomic E-state index is 14.7. The number of hydrogen-bond acceptors (Lipinski definition) is 9.